The van der Waals surface area contributed by atoms with Crippen LogP contribution in [0.2, 0.25) is 0 Å². The van der Waals surface area contributed by atoms with E-state index in [0.29, 0.717) is 21.5 Å². The summed E-state index contributed by atoms with van der Waals surface area (Å²) in [5.74, 6) is -1.12. The molecule has 5 rings (SSSR count). The summed E-state index contributed by atoms with van der Waals surface area (Å²) in [6.45, 7) is 0. The van der Waals surface area contributed by atoms with Crippen LogP contribution >= 0.6 is 11.3 Å². The van der Waals surface area contributed by atoms with Gasteiger partial charge in [0.2, 0.25) is 10.9 Å². The molecule has 0 unspecified atom stereocenters. The lowest BCUT2D eigenvalue weighted by Gasteiger charge is -2.08. The first-order chi connectivity index (χ1) is 14.4. The Morgan fingerprint density at radius 2 is 1.00 bits per heavy atom. The fraction of sp³-hybridized carbons (Fsp3) is 0.100. The molecule has 0 radical (unpaired) electrons. The molecule has 0 saturated carbocycles. The van der Waals surface area contributed by atoms with Crippen molar-refractivity contribution >= 4 is 53.1 Å². The third-order valence-electron chi connectivity index (χ3n) is 4.80. The summed E-state index contributed by atoms with van der Waals surface area (Å²) in [6.07, 6.45) is -9.85. The zero-order valence-corrected chi connectivity index (χ0v) is 15.6. The number of hydrogen-bond acceptors (Lipinski definition) is 5. The molecule has 5 aromatic rings. The Labute approximate surface area is 170 Å². The molecule has 11 heteroatoms. The van der Waals surface area contributed by atoms with Crippen LogP contribution in [-0.2, 0) is 0 Å². The van der Waals surface area contributed by atoms with Crippen LogP contribution in [0.4, 0.5) is 26.3 Å². The van der Waals surface area contributed by atoms with Crippen LogP contribution in [0.15, 0.2) is 46.0 Å². The molecule has 4 aromatic carbocycles. The van der Waals surface area contributed by atoms with Crippen molar-refractivity contribution in [1.82, 2.24) is 0 Å². The fourth-order valence-corrected chi connectivity index (χ4v) is 5.00. The number of alkyl halides is 6. The zero-order chi connectivity index (χ0) is 22.3. The summed E-state index contributed by atoms with van der Waals surface area (Å²) in [6, 6.07) is 6.63. The number of ether oxygens (including phenoxy) is 2. The monoisotopic (exact) mass is 456 g/mol. The lowest BCUT2D eigenvalue weighted by molar-refractivity contribution is -0.275. The molecule has 0 atom stereocenters. The van der Waals surface area contributed by atoms with E-state index in [9.17, 15) is 35.9 Å². The first-order valence-electron chi connectivity index (χ1n) is 8.49. The number of fused-ring (bicyclic) bond motifs is 7. The summed E-state index contributed by atoms with van der Waals surface area (Å²) < 4.78 is 83.0. The van der Waals surface area contributed by atoms with E-state index in [1.54, 1.807) is 0 Å². The molecule has 1 heterocycles. The van der Waals surface area contributed by atoms with Gasteiger partial charge in [0.15, 0.2) is 0 Å². The lowest BCUT2D eigenvalue weighted by Crippen LogP contribution is -2.17. The molecule has 0 aliphatic rings. The summed E-state index contributed by atoms with van der Waals surface area (Å²) in [5, 5.41) is 1.37. The Hall–Kier alpha value is -3.34. The van der Waals surface area contributed by atoms with Crippen molar-refractivity contribution in [2.45, 2.75) is 12.7 Å². The number of hydrogen-bond donors (Lipinski definition) is 0. The van der Waals surface area contributed by atoms with Gasteiger partial charge in [-0.1, -0.05) is 0 Å². The molecule has 0 spiro atoms. The molecule has 0 aliphatic carbocycles. The zero-order valence-electron chi connectivity index (χ0n) is 14.8. The Kier molecular flexibility index (Phi) is 3.86. The van der Waals surface area contributed by atoms with E-state index in [1.807, 2.05) is 0 Å². The molecule has 0 amide bonds. The van der Waals surface area contributed by atoms with Gasteiger partial charge in [0.25, 0.3) is 0 Å². The molecule has 0 saturated heterocycles. The van der Waals surface area contributed by atoms with Gasteiger partial charge < -0.3 is 9.47 Å². The molecule has 0 bridgehead atoms. The summed E-state index contributed by atoms with van der Waals surface area (Å²) in [5.41, 5.74) is -1.10. The predicted octanol–water partition coefficient (Wildman–Crippen LogP) is 5.75. The summed E-state index contributed by atoms with van der Waals surface area (Å²) >= 11 is 0.853. The van der Waals surface area contributed by atoms with Crippen LogP contribution < -0.4 is 20.3 Å². The van der Waals surface area contributed by atoms with E-state index in [4.69, 9.17) is 0 Å². The summed E-state index contributed by atoms with van der Waals surface area (Å²) in [7, 11) is 0. The highest BCUT2D eigenvalue weighted by atomic mass is 32.1. The van der Waals surface area contributed by atoms with E-state index >= 15 is 0 Å². The van der Waals surface area contributed by atoms with Gasteiger partial charge in [0, 0.05) is 21.5 Å². The van der Waals surface area contributed by atoms with Gasteiger partial charge in [0.05, 0.1) is 9.40 Å². The van der Waals surface area contributed by atoms with Crippen LogP contribution in [0.25, 0.3) is 41.7 Å². The predicted molar refractivity (Wildman–Crippen MR) is 103 cm³/mol. The van der Waals surface area contributed by atoms with Gasteiger partial charge in [-0.25, -0.2) is 0 Å². The average Bonchev–Trinajstić information content (AvgIpc) is 3.23. The van der Waals surface area contributed by atoms with Gasteiger partial charge in [-0.2, -0.15) is 0 Å². The van der Waals surface area contributed by atoms with E-state index in [0.717, 1.165) is 35.6 Å². The van der Waals surface area contributed by atoms with Gasteiger partial charge in [0.1, 0.15) is 11.5 Å². The van der Waals surface area contributed by atoms with Crippen LogP contribution in [0.5, 0.6) is 11.5 Å². The second-order valence-corrected chi connectivity index (χ2v) is 7.70. The minimum absolute atomic E-state index is 0.0104. The maximum absolute atomic E-state index is 12.8. The second kappa shape index (κ2) is 6.10. The quantitative estimate of drug-likeness (QED) is 0.317. The lowest BCUT2D eigenvalue weighted by atomic mass is 10.1. The van der Waals surface area contributed by atoms with Gasteiger partial charge >= 0.3 is 12.7 Å². The number of thiophene rings is 1. The normalized spacial score (nSPS) is 13.1. The smallest absolute Gasteiger partial charge is 0.406 e. The first-order valence-corrected chi connectivity index (χ1v) is 9.31. The third-order valence-corrected chi connectivity index (χ3v) is 5.99. The number of benzene rings is 2. The third kappa shape index (κ3) is 3.07. The molecule has 158 valence electrons. The van der Waals surface area contributed by atoms with Crippen LogP contribution in [0.3, 0.4) is 0 Å². The largest absolute Gasteiger partial charge is 0.573 e. The first kappa shape index (κ1) is 19.6. The van der Waals surface area contributed by atoms with Crippen LogP contribution in [-0.4, -0.2) is 12.7 Å². The van der Waals surface area contributed by atoms with Crippen molar-refractivity contribution in [3.05, 3.63) is 56.8 Å². The van der Waals surface area contributed by atoms with E-state index < -0.39 is 35.1 Å². The van der Waals surface area contributed by atoms with E-state index in [1.165, 1.54) is 12.1 Å². The van der Waals surface area contributed by atoms with Crippen molar-refractivity contribution < 1.29 is 35.8 Å². The Balaban J connectivity index is 1.79. The number of rotatable bonds is 2. The standard InChI is InChI=1S/C20H6F6O4S/c21-19(22,23)29-7-1-3-9-11(5-7)15(27)17-13(9)14-10-4-2-8(30-20(24,25)26)6-12(10)16(28)18(14)31-17/h1-6H. The maximum Gasteiger partial charge on any atom is 0.573 e. The molecular formula is C20H6F6O4S. The SMILES string of the molecule is O=c1c2cc(OC(F)(F)F)ccc2c2c1sc1c(=O)c3cc(OC(F)(F)F)ccc3c12. The highest BCUT2D eigenvalue weighted by Crippen LogP contribution is 2.42. The Morgan fingerprint density at radius 3 is 1.35 bits per heavy atom. The maximum atomic E-state index is 12.8. The fourth-order valence-electron chi connectivity index (χ4n) is 3.76. The van der Waals surface area contributed by atoms with Crippen molar-refractivity contribution in [3.63, 3.8) is 0 Å². The molecule has 0 aliphatic heterocycles. The minimum atomic E-state index is -4.93. The van der Waals surface area contributed by atoms with Crippen molar-refractivity contribution in [3.8, 4) is 11.5 Å². The second-order valence-electron chi connectivity index (χ2n) is 6.68. The number of halogens is 6. The molecule has 0 fully saturated rings. The Morgan fingerprint density at radius 1 is 0.613 bits per heavy atom. The van der Waals surface area contributed by atoms with Gasteiger partial charge in [-0.3, -0.25) is 9.59 Å². The topological polar surface area (TPSA) is 52.6 Å². The molecule has 31 heavy (non-hydrogen) atoms. The highest BCUT2D eigenvalue weighted by molar-refractivity contribution is 7.26. The van der Waals surface area contributed by atoms with Gasteiger partial charge in [-0.15, -0.1) is 37.7 Å². The molecule has 4 nitrogen and oxygen atoms in total. The van der Waals surface area contributed by atoms with Crippen LogP contribution in [0, 0.1) is 0 Å². The molecule has 0 N–H and O–H groups in total. The summed E-state index contributed by atoms with van der Waals surface area (Å²) in [4.78, 5) is 25.5. The molecular weight excluding hydrogens is 450 g/mol. The van der Waals surface area contributed by atoms with Crippen LogP contribution in [0.1, 0.15) is 0 Å². The minimum Gasteiger partial charge on any atom is -0.406 e. The van der Waals surface area contributed by atoms with E-state index in [-0.39, 0.29) is 20.2 Å². The van der Waals surface area contributed by atoms with Crippen molar-refractivity contribution in [2.75, 3.05) is 0 Å². The van der Waals surface area contributed by atoms with E-state index in [2.05, 4.69) is 9.47 Å². The van der Waals surface area contributed by atoms with Crippen molar-refractivity contribution in [1.29, 1.82) is 0 Å². The highest BCUT2D eigenvalue weighted by Gasteiger charge is 2.32. The average molecular weight is 456 g/mol. The molecule has 1 aromatic heterocycles. The van der Waals surface area contributed by atoms with Crippen molar-refractivity contribution in [2.24, 2.45) is 0 Å². The van der Waals surface area contributed by atoms with Gasteiger partial charge in [-0.05, 0) is 47.2 Å². The Bertz CT molecular complexity index is 1480.